The number of aryl methyl sites for hydroxylation is 1. The summed E-state index contributed by atoms with van der Waals surface area (Å²) in [5.74, 6) is 0.712. The van der Waals surface area contributed by atoms with E-state index in [-0.39, 0.29) is 17.5 Å². The van der Waals surface area contributed by atoms with E-state index >= 15 is 4.39 Å². The molecular weight excluding hydrogens is 511 g/mol. The molecule has 1 amide bonds. The molecule has 9 nitrogen and oxygen atoms in total. The molecule has 1 saturated carbocycles. The summed E-state index contributed by atoms with van der Waals surface area (Å²) in [4.78, 5) is 30.6. The van der Waals surface area contributed by atoms with Gasteiger partial charge in [-0.05, 0) is 56.7 Å². The van der Waals surface area contributed by atoms with E-state index in [1.165, 1.54) is 17.7 Å². The molecule has 12 heteroatoms. The number of rotatable bonds is 7. The highest BCUT2D eigenvalue weighted by atomic mass is 19.3. The Balaban J connectivity index is 1.28. The third kappa shape index (κ3) is 4.65. The second kappa shape index (κ2) is 10.0. The minimum absolute atomic E-state index is 0.0512. The molecule has 6 rings (SSSR count). The summed E-state index contributed by atoms with van der Waals surface area (Å²) in [6.45, 7) is 1.87. The molecular formula is C27H30F3N7O2. The molecule has 0 radical (unpaired) electrons. The van der Waals surface area contributed by atoms with Gasteiger partial charge in [0.2, 0.25) is 17.7 Å². The first-order valence-corrected chi connectivity index (χ1v) is 13.3. The van der Waals surface area contributed by atoms with E-state index in [4.69, 9.17) is 4.74 Å². The number of likely N-dealkylation sites (tertiary alicyclic amines) is 1. The summed E-state index contributed by atoms with van der Waals surface area (Å²) in [5, 5.41) is 3.98. The summed E-state index contributed by atoms with van der Waals surface area (Å²) in [6, 6.07) is 3.46. The lowest BCUT2D eigenvalue weighted by Crippen LogP contribution is -2.41. The van der Waals surface area contributed by atoms with E-state index in [1.54, 1.807) is 19.2 Å². The van der Waals surface area contributed by atoms with Crippen molar-refractivity contribution in [3.63, 3.8) is 0 Å². The number of hydrogen-bond donors (Lipinski definition) is 2. The number of H-pyrrole nitrogens is 1. The van der Waals surface area contributed by atoms with Crippen LogP contribution in [0.5, 0.6) is 5.88 Å². The minimum Gasteiger partial charge on any atom is -0.480 e. The lowest BCUT2D eigenvalue weighted by atomic mass is 9.90. The van der Waals surface area contributed by atoms with Crippen LogP contribution in [0.4, 0.5) is 19.1 Å². The Labute approximate surface area is 222 Å². The summed E-state index contributed by atoms with van der Waals surface area (Å²) in [7, 11) is 1.51. The van der Waals surface area contributed by atoms with Crippen LogP contribution in [0.15, 0.2) is 18.3 Å². The van der Waals surface area contributed by atoms with Gasteiger partial charge in [0.1, 0.15) is 17.0 Å². The van der Waals surface area contributed by atoms with Crippen molar-refractivity contribution < 1.29 is 22.7 Å². The molecule has 4 aromatic rings. The van der Waals surface area contributed by atoms with Gasteiger partial charge in [-0.3, -0.25) is 4.79 Å². The average molecular weight is 542 g/mol. The first kappa shape index (κ1) is 25.4. The number of anilines is 1. The molecule has 206 valence electrons. The fraction of sp³-hybridized carbons (Fsp3) is 0.481. The Morgan fingerprint density at radius 1 is 1.18 bits per heavy atom. The van der Waals surface area contributed by atoms with Gasteiger partial charge < -0.3 is 24.5 Å². The van der Waals surface area contributed by atoms with Crippen molar-refractivity contribution in [2.24, 2.45) is 0 Å². The zero-order valence-corrected chi connectivity index (χ0v) is 21.8. The molecule has 2 N–H and O–H groups in total. The molecule has 4 heterocycles. The average Bonchev–Trinajstić information content (AvgIpc) is 3.62. The largest absolute Gasteiger partial charge is 0.480 e. The van der Waals surface area contributed by atoms with Crippen LogP contribution in [0.25, 0.3) is 33.2 Å². The number of aromatic nitrogens is 5. The van der Waals surface area contributed by atoms with Crippen molar-refractivity contribution in [2.75, 3.05) is 19.0 Å². The predicted octanol–water partition coefficient (Wildman–Crippen LogP) is 5.04. The second-order valence-electron chi connectivity index (χ2n) is 10.3. The van der Waals surface area contributed by atoms with Crippen molar-refractivity contribution in [3.05, 3.63) is 30.0 Å². The standard InChI is InChI=1S/C27H30F3N7O2/c1-14-32-24-19(28)10-15(11-20(24)37(14)13-21(29)30)18-12-31-25-23(18)26(39-2)35-27(34-25)33-16-5-7-17(8-6-16)36-9-3-4-22(36)38/h10-12,16-17,21H,3-9,13H2,1-2H3,(H2,31,33,34,35)/t16-,17+. The highest BCUT2D eigenvalue weighted by Crippen LogP contribution is 2.37. The van der Waals surface area contributed by atoms with Crippen LogP contribution in [0, 0.1) is 12.7 Å². The van der Waals surface area contributed by atoms with Gasteiger partial charge in [0.05, 0.1) is 24.6 Å². The zero-order chi connectivity index (χ0) is 27.3. The number of ether oxygens (including phenoxy) is 1. The quantitative estimate of drug-likeness (QED) is 0.340. The number of fused-ring (bicyclic) bond motifs is 2. The molecule has 0 spiro atoms. The maximum Gasteiger partial charge on any atom is 0.256 e. The number of carbonyl (C=O) groups excluding carboxylic acids is 1. The van der Waals surface area contributed by atoms with Crippen molar-refractivity contribution in [1.29, 1.82) is 0 Å². The van der Waals surface area contributed by atoms with Crippen molar-refractivity contribution in [2.45, 2.75) is 70.5 Å². The fourth-order valence-electron chi connectivity index (χ4n) is 6.03. The monoisotopic (exact) mass is 541 g/mol. The highest BCUT2D eigenvalue weighted by molar-refractivity contribution is 5.99. The third-order valence-electron chi connectivity index (χ3n) is 7.90. The maximum absolute atomic E-state index is 15.1. The summed E-state index contributed by atoms with van der Waals surface area (Å²) < 4.78 is 48.4. The predicted molar refractivity (Wildman–Crippen MR) is 140 cm³/mol. The van der Waals surface area contributed by atoms with Crippen LogP contribution < -0.4 is 10.1 Å². The molecule has 3 aromatic heterocycles. The molecule has 2 fully saturated rings. The van der Waals surface area contributed by atoms with E-state index in [0.29, 0.717) is 57.8 Å². The first-order chi connectivity index (χ1) is 18.8. The first-order valence-electron chi connectivity index (χ1n) is 13.3. The van der Waals surface area contributed by atoms with Gasteiger partial charge in [0.25, 0.3) is 6.43 Å². The normalized spacial score (nSPS) is 20.1. The zero-order valence-electron chi connectivity index (χ0n) is 21.8. The summed E-state index contributed by atoms with van der Waals surface area (Å²) in [6.07, 6.45) is 4.36. The van der Waals surface area contributed by atoms with Gasteiger partial charge in [-0.1, -0.05) is 0 Å². The van der Waals surface area contributed by atoms with Crippen molar-refractivity contribution in [1.82, 2.24) is 29.4 Å². The van der Waals surface area contributed by atoms with Crippen molar-refractivity contribution >= 4 is 33.9 Å². The summed E-state index contributed by atoms with van der Waals surface area (Å²) in [5.41, 5.74) is 1.91. The summed E-state index contributed by atoms with van der Waals surface area (Å²) >= 11 is 0. The van der Waals surface area contributed by atoms with Crippen LogP contribution in [0.2, 0.25) is 0 Å². The molecule has 0 unspecified atom stereocenters. The second-order valence-corrected chi connectivity index (χ2v) is 10.3. The SMILES string of the molecule is COc1nc(N[C@H]2CC[C@@H](N3CCCC3=O)CC2)nc2[nH]cc(-c3cc(F)c4nc(C)n(CC(F)F)c4c3)c12. The van der Waals surface area contributed by atoms with Gasteiger partial charge in [0, 0.05) is 36.8 Å². The highest BCUT2D eigenvalue weighted by Gasteiger charge is 2.31. The number of benzene rings is 1. The number of imidazole rings is 1. The number of methoxy groups -OCH3 is 1. The Morgan fingerprint density at radius 2 is 1.97 bits per heavy atom. The molecule has 1 saturated heterocycles. The van der Waals surface area contributed by atoms with Gasteiger partial charge in [-0.15, -0.1) is 0 Å². The molecule has 0 bridgehead atoms. The molecule has 1 aromatic carbocycles. The lowest BCUT2D eigenvalue weighted by Gasteiger charge is -2.34. The Hall–Kier alpha value is -3.83. The van der Waals surface area contributed by atoms with Gasteiger partial charge in [-0.2, -0.15) is 9.97 Å². The van der Waals surface area contributed by atoms with E-state index in [0.717, 1.165) is 38.6 Å². The lowest BCUT2D eigenvalue weighted by molar-refractivity contribution is -0.130. The number of hydrogen-bond acceptors (Lipinski definition) is 6. The van der Waals surface area contributed by atoms with Gasteiger partial charge in [0.15, 0.2) is 5.82 Å². The maximum atomic E-state index is 15.1. The Morgan fingerprint density at radius 3 is 2.67 bits per heavy atom. The van der Waals surface area contributed by atoms with Crippen LogP contribution >= 0.6 is 0 Å². The van der Waals surface area contributed by atoms with Crippen LogP contribution in [-0.4, -0.2) is 67.5 Å². The molecule has 39 heavy (non-hydrogen) atoms. The van der Waals surface area contributed by atoms with E-state index in [2.05, 4.69) is 25.3 Å². The van der Waals surface area contributed by atoms with Crippen LogP contribution in [0.3, 0.4) is 0 Å². The topological polar surface area (TPSA) is 101 Å². The van der Waals surface area contributed by atoms with Crippen LogP contribution in [0.1, 0.15) is 44.3 Å². The number of alkyl halides is 2. The number of aromatic amines is 1. The smallest absolute Gasteiger partial charge is 0.256 e. The Kier molecular flexibility index (Phi) is 6.56. The van der Waals surface area contributed by atoms with Gasteiger partial charge >= 0.3 is 0 Å². The Bertz CT molecular complexity index is 1540. The van der Waals surface area contributed by atoms with Gasteiger partial charge in [-0.25, -0.2) is 18.2 Å². The number of halogens is 3. The molecule has 1 aliphatic carbocycles. The number of nitrogens with zero attached hydrogens (tertiary/aromatic N) is 5. The minimum atomic E-state index is -2.60. The van der Waals surface area contributed by atoms with E-state index in [1.807, 2.05) is 4.90 Å². The molecule has 1 aliphatic heterocycles. The van der Waals surface area contributed by atoms with E-state index < -0.39 is 18.8 Å². The fourth-order valence-corrected chi connectivity index (χ4v) is 6.03. The number of amides is 1. The molecule has 2 aliphatic rings. The van der Waals surface area contributed by atoms with E-state index in [9.17, 15) is 13.6 Å². The third-order valence-corrected chi connectivity index (χ3v) is 7.90. The molecule has 0 atom stereocenters. The van der Waals surface area contributed by atoms with Crippen molar-refractivity contribution in [3.8, 4) is 17.0 Å². The number of carbonyl (C=O) groups is 1. The van der Waals surface area contributed by atoms with Crippen LogP contribution in [-0.2, 0) is 11.3 Å². The number of nitrogens with one attached hydrogen (secondary N) is 2.